The lowest BCUT2D eigenvalue weighted by Crippen LogP contribution is -2.47. The molecule has 0 radical (unpaired) electrons. The molecule has 2 heterocycles. The molecule has 6 nitrogen and oxygen atoms in total. The van der Waals surface area contributed by atoms with Gasteiger partial charge in [-0.3, -0.25) is 9.69 Å². The van der Waals surface area contributed by atoms with Gasteiger partial charge in [-0.05, 0) is 18.4 Å². The van der Waals surface area contributed by atoms with Crippen molar-refractivity contribution in [1.29, 1.82) is 0 Å². The second-order valence-corrected chi connectivity index (χ2v) is 5.53. The molecule has 0 saturated carbocycles. The summed E-state index contributed by atoms with van der Waals surface area (Å²) >= 11 is 0. The molecule has 2 aliphatic heterocycles. The predicted molar refractivity (Wildman–Crippen MR) is 78.9 cm³/mol. The molecule has 0 spiro atoms. The molecule has 2 aliphatic rings. The minimum absolute atomic E-state index is 0.0355. The quantitative estimate of drug-likeness (QED) is 0.851. The van der Waals surface area contributed by atoms with Gasteiger partial charge in [0.05, 0.1) is 6.61 Å². The molecule has 2 amide bonds. The number of rotatable bonds is 3. The van der Waals surface area contributed by atoms with Crippen molar-refractivity contribution in [3.63, 3.8) is 0 Å². The molecule has 2 fully saturated rings. The summed E-state index contributed by atoms with van der Waals surface area (Å²) in [6, 6.07) is 9.11. The van der Waals surface area contributed by atoms with Gasteiger partial charge in [-0.25, -0.2) is 4.79 Å². The second-order valence-electron chi connectivity index (χ2n) is 5.53. The lowest BCUT2D eigenvalue weighted by atomic mass is 10.2. The molecule has 1 aromatic rings. The van der Waals surface area contributed by atoms with Crippen LogP contribution in [-0.2, 0) is 20.9 Å². The van der Waals surface area contributed by atoms with Crippen molar-refractivity contribution in [1.82, 2.24) is 9.80 Å². The van der Waals surface area contributed by atoms with Crippen LogP contribution in [0.1, 0.15) is 18.4 Å². The lowest BCUT2D eigenvalue weighted by molar-refractivity contribution is -0.136. The average Bonchev–Trinajstić information content (AvgIpc) is 3.24. The summed E-state index contributed by atoms with van der Waals surface area (Å²) in [5.74, 6) is -0.0355. The number of carbonyl (C=O) groups is 2. The van der Waals surface area contributed by atoms with Crippen LogP contribution in [0.2, 0.25) is 0 Å². The van der Waals surface area contributed by atoms with Crippen LogP contribution in [0.3, 0.4) is 0 Å². The minimum Gasteiger partial charge on any atom is -0.445 e. The highest BCUT2D eigenvalue weighted by atomic mass is 16.6. The number of hydrogen-bond acceptors (Lipinski definition) is 4. The number of likely N-dealkylation sites (tertiary alicyclic amines) is 1. The first-order chi connectivity index (χ1) is 10.8. The SMILES string of the molecule is O=C([C@@H]1CCCN1C(=O)OCc1ccccc1)N1CCOC1. The number of carbonyl (C=O) groups excluding carboxylic acids is 2. The highest BCUT2D eigenvalue weighted by Crippen LogP contribution is 2.21. The Morgan fingerprint density at radius 3 is 2.77 bits per heavy atom. The number of amides is 2. The van der Waals surface area contributed by atoms with E-state index >= 15 is 0 Å². The first-order valence-electron chi connectivity index (χ1n) is 7.59. The maximum Gasteiger partial charge on any atom is 0.410 e. The Bertz CT molecular complexity index is 528. The molecule has 22 heavy (non-hydrogen) atoms. The Hall–Kier alpha value is -2.08. The van der Waals surface area contributed by atoms with Crippen LogP contribution >= 0.6 is 0 Å². The van der Waals surface area contributed by atoms with E-state index in [1.165, 1.54) is 0 Å². The minimum atomic E-state index is -0.417. The number of hydrogen-bond donors (Lipinski definition) is 0. The highest BCUT2D eigenvalue weighted by molar-refractivity contribution is 5.86. The van der Waals surface area contributed by atoms with Crippen molar-refractivity contribution >= 4 is 12.0 Å². The summed E-state index contributed by atoms with van der Waals surface area (Å²) in [6.07, 6.45) is 1.10. The van der Waals surface area contributed by atoms with Crippen LogP contribution < -0.4 is 0 Å². The largest absolute Gasteiger partial charge is 0.445 e. The fraction of sp³-hybridized carbons (Fsp3) is 0.500. The monoisotopic (exact) mass is 304 g/mol. The van der Waals surface area contributed by atoms with E-state index in [0.29, 0.717) is 32.8 Å². The smallest absolute Gasteiger partial charge is 0.410 e. The zero-order chi connectivity index (χ0) is 15.4. The summed E-state index contributed by atoms with van der Waals surface area (Å²) in [6.45, 7) is 2.28. The van der Waals surface area contributed by atoms with Gasteiger partial charge in [0.1, 0.15) is 19.4 Å². The standard InChI is InChI=1S/C16H20N2O4/c19-15(17-9-10-21-12-17)14-7-4-8-18(14)16(20)22-11-13-5-2-1-3-6-13/h1-3,5-6,14H,4,7-12H2/t14-/m0/s1. The number of nitrogens with zero attached hydrogens (tertiary/aromatic N) is 2. The molecule has 3 rings (SSSR count). The topological polar surface area (TPSA) is 59.1 Å². The molecule has 6 heteroatoms. The van der Waals surface area contributed by atoms with Crippen LogP contribution in [0.5, 0.6) is 0 Å². The summed E-state index contributed by atoms with van der Waals surface area (Å²) < 4.78 is 10.5. The van der Waals surface area contributed by atoms with Crippen LogP contribution in [0.15, 0.2) is 30.3 Å². The van der Waals surface area contributed by atoms with Crippen molar-refractivity contribution < 1.29 is 19.1 Å². The summed E-state index contributed by atoms with van der Waals surface area (Å²) in [5.41, 5.74) is 0.936. The first-order valence-corrected chi connectivity index (χ1v) is 7.59. The molecular weight excluding hydrogens is 284 g/mol. The van der Waals surface area contributed by atoms with E-state index in [0.717, 1.165) is 12.0 Å². The summed E-state index contributed by atoms with van der Waals surface area (Å²) in [5, 5.41) is 0. The number of benzene rings is 1. The van der Waals surface area contributed by atoms with Crippen LogP contribution in [0.25, 0.3) is 0 Å². The van der Waals surface area contributed by atoms with E-state index < -0.39 is 12.1 Å². The molecule has 0 aliphatic carbocycles. The normalized spacial score (nSPS) is 21.2. The first kappa shape index (κ1) is 14.8. The number of ether oxygens (including phenoxy) is 2. The van der Waals surface area contributed by atoms with Gasteiger partial charge in [0.15, 0.2) is 0 Å². The Kier molecular flexibility index (Phi) is 4.58. The third kappa shape index (κ3) is 3.22. The van der Waals surface area contributed by atoms with Crippen molar-refractivity contribution in [2.75, 3.05) is 26.4 Å². The lowest BCUT2D eigenvalue weighted by Gasteiger charge is -2.26. The van der Waals surface area contributed by atoms with Crippen molar-refractivity contribution in [3.05, 3.63) is 35.9 Å². The van der Waals surface area contributed by atoms with E-state index in [9.17, 15) is 9.59 Å². The van der Waals surface area contributed by atoms with E-state index in [1.54, 1.807) is 9.80 Å². The van der Waals surface area contributed by atoms with Gasteiger partial charge in [0.2, 0.25) is 5.91 Å². The Morgan fingerprint density at radius 2 is 2.05 bits per heavy atom. The van der Waals surface area contributed by atoms with Gasteiger partial charge in [-0.2, -0.15) is 0 Å². The van der Waals surface area contributed by atoms with E-state index in [4.69, 9.17) is 9.47 Å². The van der Waals surface area contributed by atoms with Crippen molar-refractivity contribution in [2.24, 2.45) is 0 Å². The molecule has 2 saturated heterocycles. The fourth-order valence-corrected chi connectivity index (χ4v) is 2.84. The maximum absolute atomic E-state index is 12.4. The molecule has 1 aromatic carbocycles. The Morgan fingerprint density at radius 1 is 1.23 bits per heavy atom. The van der Waals surface area contributed by atoms with E-state index in [2.05, 4.69) is 0 Å². The molecule has 1 atom stereocenters. The zero-order valence-electron chi connectivity index (χ0n) is 12.4. The summed E-state index contributed by atoms with van der Waals surface area (Å²) in [4.78, 5) is 27.9. The van der Waals surface area contributed by atoms with Gasteiger partial charge in [-0.1, -0.05) is 30.3 Å². The molecular formula is C16H20N2O4. The second kappa shape index (κ2) is 6.79. The molecule has 0 bridgehead atoms. The average molecular weight is 304 g/mol. The molecule has 0 aromatic heterocycles. The van der Waals surface area contributed by atoms with Gasteiger partial charge in [0, 0.05) is 13.1 Å². The fourth-order valence-electron chi connectivity index (χ4n) is 2.84. The molecule has 0 N–H and O–H groups in total. The third-order valence-corrected chi connectivity index (χ3v) is 4.04. The Balaban J connectivity index is 1.57. The maximum atomic E-state index is 12.4. The van der Waals surface area contributed by atoms with Crippen molar-refractivity contribution in [2.45, 2.75) is 25.5 Å². The van der Waals surface area contributed by atoms with Crippen LogP contribution in [0, 0.1) is 0 Å². The Labute approximate surface area is 129 Å². The predicted octanol–water partition coefficient (Wildman–Crippen LogP) is 1.60. The third-order valence-electron chi connectivity index (χ3n) is 4.04. The van der Waals surface area contributed by atoms with Crippen LogP contribution in [0.4, 0.5) is 4.79 Å². The van der Waals surface area contributed by atoms with Gasteiger partial charge in [-0.15, -0.1) is 0 Å². The van der Waals surface area contributed by atoms with Gasteiger partial charge >= 0.3 is 6.09 Å². The van der Waals surface area contributed by atoms with Gasteiger partial charge < -0.3 is 14.4 Å². The molecule has 118 valence electrons. The van der Waals surface area contributed by atoms with E-state index in [-0.39, 0.29) is 12.5 Å². The zero-order valence-corrected chi connectivity index (χ0v) is 12.4. The summed E-state index contributed by atoms with van der Waals surface area (Å²) in [7, 11) is 0. The highest BCUT2D eigenvalue weighted by Gasteiger charge is 2.38. The van der Waals surface area contributed by atoms with Crippen molar-refractivity contribution in [3.8, 4) is 0 Å². The van der Waals surface area contributed by atoms with Crippen LogP contribution in [-0.4, -0.2) is 54.3 Å². The molecule has 0 unspecified atom stereocenters. The van der Waals surface area contributed by atoms with E-state index in [1.807, 2.05) is 30.3 Å². The van der Waals surface area contributed by atoms with Gasteiger partial charge in [0.25, 0.3) is 0 Å².